The minimum absolute atomic E-state index is 0.0865. The standard InChI is InChI=1S/C28H27N5O4S/c1-38(34,35)12-11-29-15-21-13-27(37-18-21)25-14-24-26(16-30-25)31-19-32-28(24)33-22-7-9-23(10-8-22)36-17-20-5-3-2-4-6-20/h2-10,13-14,16,18-19,29H,11-12,15,17H2,1H3,(H,31,32,33). The number of hydrogen-bond acceptors (Lipinski definition) is 9. The first-order valence-electron chi connectivity index (χ1n) is 12.0. The van der Waals surface area contributed by atoms with Gasteiger partial charge in [-0.05, 0) is 42.0 Å². The summed E-state index contributed by atoms with van der Waals surface area (Å²) in [6.07, 6.45) is 6.04. The molecule has 0 bridgehead atoms. The molecule has 0 spiro atoms. The van der Waals surface area contributed by atoms with Gasteiger partial charge in [0.05, 0.1) is 23.7 Å². The van der Waals surface area contributed by atoms with Crippen LogP contribution in [0.15, 0.2) is 89.9 Å². The van der Waals surface area contributed by atoms with E-state index in [1.54, 1.807) is 12.5 Å². The van der Waals surface area contributed by atoms with Crippen LogP contribution in [0.1, 0.15) is 11.1 Å². The zero-order valence-corrected chi connectivity index (χ0v) is 21.6. The maximum Gasteiger partial charge on any atom is 0.152 e. The Bertz CT molecular complexity index is 1620. The van der Waals surface area contributed by atoms with E-state index < -0.39 is 9.84 Å². The smallest absolute Gasteiger partial charge is 0.152 e. The Morgan fingerprint density at radius 3 is 2.55 bits per heavy atom. The molecule has 0 unspecified atom stereocenters. The first-order chi connectivity index (χ1) is 18.4. The molecule has 0 saturated carbocycles. The molecule has 5 rings (SSSR count). The van der Waals surface area contributed by atoms with Gasteiger partial charge in [-0.25, -0.2) is 18.4 Å². The van der Waals surface area contributed by atoms with E-state index in [1.165, 1.54) is 12.6 Å². The number of ether oxygens (including phenoxy) is 1. The molecule has 2 N–H and O–H groups in total. The Labute approximate surface area is 220 Å². The number of pyridine rings is 1. The van der Waals surface area contributed by atoms with Crippen molar-refractivity contribution in [2.75, 3.05) is 23.9 Å². The van der Waals surface area contributed by atoms with Crippen molar-refractivity contribution in [3.05, 3.63) is 96.6 Å². The molecule has 2 aromatic carbocycles. The fraction of sp³-hybridized carbons (Fsp3) is 0.179. The highest BCUT2D eigenvalue weighted by Gasteiger charge is 2.11. The molecule has 0 radical (unpaired) electrons. The van der Waals surface area contributed by atoms with E-state index in [0.29, 0.717) is 42.5 Å². The summed E-state index contributed by atoms with van der Waals surface area (Å²) in [6.45, 7) is 1.37. The number of anilines is 2. The minimum atomic E-state index is -3.00. The molecule has 38 heavy (non-hydrogen) atoms. The minimum Gasteiger partial charge on any atom is -0.489 e. The lowest BCUT2D eigenvalue weighted by Gasteiger charge is -2.10. The van der Waals surface area contributed by atoms with Gasteiger partial charge in [-0.3, -0.25) is 4.98 Å². The fourth-order valence-corrected chi connectivity index (χ4v) is 4.31. The van der Waals surface area contributed by atoms with Crippen LogP contribution in [0.2, 0.25) is 0 Å². The Morgan fingerprint density at radius 2 is 1.76 bits per heavy atom. The van der Waals surface area contributed by atoms with Gasteiger partial charge in [0.25, 0.3) is 0 Å². The van der Waals surface area contributed by atoms with Crippen molar-refractivity contribution in [1.82, 2.24) is 20.3 Å². The third-order valence-electron chi connectivity index (χ3n) is 5.77. The second-order valence-corrected chi connectivity index (χ2v) is 11.1. The lowest BCUT2D eigenvalue weighted by molar-refractivity contribution is 0.306. The Kier molecular flexibility index (Phi) is 7.62. The van der Waals surface area contributed by atoms with Gasteiger partial charge in [0.1, 0.15) is 40.0 Å². The third kappa shape index (κ3) is 6.72. The number of aromatic nitrogens is 3. The predicted octanol–water partition coefficient (Wildman–Crippen LogP) is 4.74. The van der Waals surface area contributed by atoms with Crippen LogP contribution in [0.3, 0.4) is 0 Å². The largest absolute Gasteiger partial charge is 0.489 e. The van der Waals surface area contributed by atoms with E-state index in [2.05, 4.69) is 25.6 Å². The molecular weight excluding hydrogens is 502 g/mol. The number of nitrogens with zero attached hydrogens (tertiary/aromatic N) is 3. The monoisotopic (exact) mass is 529 g/mol. The summed E-state index contributed by atoms with van der Waals surface area (Å²) in [5.41, 5.74) is 4.20. The van der Waals surface area contributed by atoms with Gasteiger partial charge in [-0.2, -0.15) is 0 Å². The molecule has 0 amide bonds. The highest BCUT2D eigenvalue weighted by atomic mass is 32.2. The Hall–Kier alpha value is -4.28. The molecule has 9 nitrogen and oxygen atoms in total. The molecule has 0 aliphatic rings. The molecular formula is C28H27N5O4S. The number of furan rings is 1. The molecule has 194 valence electrons. The van der Waals surface area contributed by atoms with Gasteiger partial charge < -0.3 is 19.8 Å². The van der Waals surface area contributed by atoms with Crippen LogP contribution in [0.25, 0.3) is 22.4 Å². The van der Waals surface area contributed by atoms with Crippen molar-refractivity contribution in [2.45, 2.75) is 13.2 Å². The second-order valence-electron chi connectivity index (χ2n) is 8.86. The van der Waals surface area contributed by atoms with Crippen molar-refractivity contribution in [3.63, 3.8) is 0 Å². The molecule has 3 heterocycles. The topological polar surface area (TPSA) is 119 Å². The Morgan fingerprint density at radius 1 is 0.947 bits per heavy atom. The van der Waals surface area contributed by atoms with Gasteiger partial charge in [-0.1, -0.05) is 30.3 Å². The molecule has 0 fully saturated rings. The highest BCUT2D eigenvalue weighted by Crippen LogP contribution is 2.28. The Balaban J connectivity index is 1.27. The van der Waals surface area contributed by atoms with Crippen LogP contribution in [-0.2, 0) is 23.0 Å². The van der Waals surface area contributed by atoms with Crippen LogP contribution in [0.4, 0.5) is 11.5 Å². The van der Waals surface area contributed by atoms with Crippen LogP contribution >= 0.6 is 0 Å². The molecule has 0 atom stereocenters. The number of rotatable bonds is 11. The van der Waals surface area contributed by atoms with Crippen molar-refractivity contribution < 1.29 is 17.6 Å². The number of benzene rings is 2. The van der Waals surface area contributed by atoms with Crippen LogP contribution in [-0.4, -0.2) is 41.9 Å². The van der Waals surface area contributed by atoms with E-state index in [-0.39, 0.29) is 5.75 Å². The molecule has 0 aliphatic heterocycles. The third-order valence-corrected chi connectivity index (χ3v) is 6.72. The SMILES string of the molecule is CS(=O)(=O)CCNCc1coc(-c2cc3c(Nc4ccc(OCc5ccccc5)cc4)ncnc3cn2)c1. The van der Waals surface area contributed by atoms with Crippen LogP contribution in [0.5, 0.6) is 5.75 Å². The van der Waals surface area contributed by atoms with Crippen molar-refractivity contribution in [3.8, 4) is 17.2 Å². The van der Waals surface area contributed by atoms with Gasteiger partial charge in [0.2, 0.25) is 0 Å². The van der Waals surface area contributed by atoms with E-state index in [9.17, 15) is 8.42 Å². The maximum absolute atomic E-state index is 11.3. The maximum atomic E-state index is 11.3. The zero-order chi connectivity index (χ0) is 26.4. The van der Waals surface area contributed by atoms with E-state index in [0.717, 1.165) is 28.0 Å². The van der Waals surface area contributed by atoms with Gasteiger partial charge in [-0.15, -0.1) is 0 Å². The number of sulfone groups is 1. The molecule has 0 saturated heterocycles. The normalized spacial score (nSPS) is 11.5. The van der Waals surface area contributed by atoms with Gasteiger partial charge >= 0.3 is 0 Å². The highest BCUT2D eigenvalue weighted by molar-refractivity contribution is 7.90. The summed E-state index contributed by atoms with van der Waals surface area (Å²) in [5.74, 6) is 2.11. The zero-order valence-electron chi connectivity index (χ0n) is 20.8. The van der Waals surface area contributed by atoms with Gasteiger partial charge in [0, 0.05) is 36.0 Å². The van der Waals surface area contributed by atoms with Crippen molar-refractivity contribution in [1.29, 1.82) is 0 Å². The molecule has 0 aliphatic carbocycles. The number of fused-ring (bicyclic) bond motifs is 1. The van der Waals surface area contributed by atoms with E-state index in [1.807, 2.05) is 66.7 Å². The summed E-state index contributed by atoms with van der Waals surface area (Å²) in [4.78, 5) is 13.3. The molecule has 5 aromatic rings. The van der Waals surface area contributed by atoms with Crippen molar-refractivity contribution in [2.24, 2.45) is 0 Å². The first kappa shape index (κ1) is 25.4. The van der Waals surface area contributed by atoms with Crippen LogP contribution < -0.4 is 15.4 Å². The van der Waals surface area contributed by atoms with Gasteiger partial charge in [0.15, 0.2) is 5.76 Å². The summed E-state index contributed by atoms with van der Waals surface area (Å²) in [7, 11) is -3.00. The quantitative estimate of drug-likeness (QED) is 0.234. The lowest BCUT2D eigenvalue weighted by Crippen LogP contribution is -2.21. The van der Waals surface area contributed by atoms with E-state index in [4.69, 9.17) is 9.15 Å². The van der Waals surface area contributed by atoms with Crippen molar-refractivity contribution >= 4 is 32.2 Å². The molecule has 10 heteroatoms. The predicted molar refractivity (Wildman–Crippen MR) is 147 cm³/mol. The summed E-state index contributed by atoms with van der Waals surface area (Å²) in [6, 6.07) is 21.5. The summed E-state index contributed by atoms with van der Waals surface area (Å²) in [5, 5.41) is 7.26. The number of hydrogen-bond donors (Lipinski definition) is 2. The summed E-state index contributed by atoms with van der Waals surface area (Å²) >= 11 is 0. The summed E-state index contributed by atoms with van der Waals surface area (Å²) < 4.78 is 34.2. The first-order valence-corrected chi connectivity index (χ1v) is 14.1. The second kappa shape index (κ2) is 11.4. The average molecular weight is 530 g/mol. The van der Waals surface area contributed by atoms with Crippen LogP contribution in [0, 0.1) is 0 Å². The number of nitrogens with one attached hydrogen (secondary N) is 2. The lowest BCUT2D eigenvalue weighted by atomic mass is 10.2. The fourth-order valence-electron chi connectivity index (χ4n) is 3.80. The molecule has 3 aromatic heterocycles. The average Bonchev–Trinajstić information content (AvgIpc) is 3.40. The van der Waals surface area contributed by atoms with E-state index >= 15 is 0 Å².